The van der Waals surface area contributed by atoms with Gasteiger partial charge in [0.05, 0.1) is 27.8 Å². The van der Waals surface area contributed by atoms with E-state index in [9.17, 15) is 0 Å². The minimum Gasteiger partial charge on any atom is -0.277 e. The molecule has 0 radical (unpaired) electrons. The Labute approximate surface area is 324 Å². The Morgan fingerprint density at radius 1 is 0.357 bits per heavy atom. The zero-order chi connectivity index (χ0) is 36.8. The zero-order valence-electron chi connectivity index (χ0n) is 30.4. The second-order valence-electron chi connectivity index (χ2n) is 14.9. The van der Waals surface area contributed by atoms with Gasteiger partial charge < -0.3 is 0 Å². The molecule has 0 aliphatic heterocycles. The molecule has 2 aliphatic rings. The van der Waals surface area contributed by atoms with Gasteiger partial charge in [-0.2, -0.15) is 0 Å². The second-order valence-corrected chi connectivity index (χ2v) is 14.9. The number of hydrogen-bond acceptors (Lipinski definition) is 2. The first-order chi connectivity index (χ1) is 27.8. The van der Waals surface area contributed by atoms with E-state index in [1.807, 2.05) is 0 Å². The predicted molar refractivity (Wildman–Crippen MR) is 229 cm³/mol. The molecular weight excluding hydrogens is 679 g/mol. The topological polar surface area (TPSA) is 30.7 Å². The van der Waals surface area contributed by atoms with Crippen molar-refractivity contribution >= 4 is 21.8 Å². The van der Waals surface area contributed by atoms with Gasteiger partial charge >= 0.3 is 0 Å². The van der Waals surface area contributed by atoms with E-state index in [-0.39, 0.29) is 0 Å². The highest BCUT2D eigenvalue weighted by molar-refractivity contribution is 6.17. The fourth-order valence-corrected chi connectivity index (χ4v) is 9.75. The summed E-state index contributed by atoms with van der Waals surface area (Å²) in [6.07, 6.45) is 0. The summed E-state index contributed by atoms with van der Waals surface area (Å²) in [5.41, 5.74) is 18.3. The van der Waals surface area contributed by atoms with Crippen molar-refractivity contribution in [2.45, 2.75) is 5.41 Å². The molecule has 1 spiro atoms. The monoisotopic (exact) mass is 711 g/mol. The van der Waals surface area contributed by atoms with Crippen LogP contribution in [0.5, 0.6) is 0 Å². The van der Waals surface area contributed by atoms with E-state index in [2.05, 4.69) is 205 Å². The molecule has 10 aromatic rings. The molecule has 8 aromatic carbocycles. The highest BCUT2D eigenvalue weighted by atomic mass is 15.2. The maximum Gasteiger partial charge on any atom is 0.235 e. The van der Waals surface area contributed by atoms with Crippen molar-refractivity contribution in [2.24, 2.45) is 0 Å². The van der Waals surface area contributed by atoms with Crippen LogP contribution in [0.3, 0.4) is 0 Å². The van der Waals surface area contributed by atoms with Crippen molar-refractivity contribution < 1.29 is 0 Å². The SMILES string of the molecule is c1ccc(-c2ccc3c(c2)c2ccc4c(c2n3-c2nc(-c3ccccc3)cc(-c3ccccc3)n2)-c2ccccc2C42c3ccccc3-c3ccccc32)cc1. The van der Waals surface area contributed by atoms with E-state index in [1.54, 1.807) is 0 Å². The molecule has 0 unspecified atom stereocenters. The minimum absolute atomic E-state index is 0.467. The largest absolute Gasteiger partial charge is 0.277 e. The van der Waals surface area contributed by atoms with Gasteiger partial charge in [0.2, 0.25) is 5.95 Å². The third-order valence-electron chi connectivity index (χ3n) is 12.0. The molecule has 0 saturated heterocycles. The maximum atomic E-state index is 5.45. The fourth-order valence-electron chi connectivity index (χ4n) is 9.75. The molecule has 0 atom stereocenters. The first-order valence-electron chi connectivity index (χ1n) is 19.3. The number of nitrogens with zero attached hydrogens (tertiary/aromatic N) is 3. The molecule has 260 valence electrons. The Morgan fingerprint density at radius 2 is 0.857 bits per heavy atom. The van der Waals surface area contributed by atoms with Gasteiger partial charge in [-0.1, -0.05) is 182 Å². The van der Waals surface area contributed by atoms with E-state index < -0.39 is 5.41 Å². The van der Waals surface area contributed by atoms with E-state index in [1.165, 1.54) is 66.4 Å². The van der Waals surface area contributed by atoms with Crippen LogP contribution >= 0.6 is 0 Å². The summed E-state index contributed by atoms with van der Waals surface area (Å²) >= 11 is 0. The van der Waals surface area contributed by atoms with E-state index in [0.717, 1.165) is 33.5 Å². The normalized spacial score (nSPS) is 13.1. The van der Waals surface area contributed by atoms with Gasteiger partial charge in [-0.3, -0.25) is 4.57 Å². The van der Waals surface area contributed by atoms with Crippen LogP contribution in [-0.2, 0) is 5.41 Å². The van der Waals surface area contributed by atoms with E-state index in [0.29, 0.717) is 5.95 Å². The highest BCUT2D eigenvalue weighted by Crippen LogP contribution is 2.64. The maximum absolute atomic E-state index is 5.45. The molecular formula is C53H33N3. The van der Waals surface area contributed by atoms with Crippen molar-refractivity contribution in [1.82, 2.24) is 14.5 Å². The lowest BCUT2D eigenvalue weighted by Crippen LogP contribution is -2.25. The zero-order valence-corrected chi connectivity index (χ0v) is 30.4. The second kappa shape index (κ2) is 11.8. The van der Waals surface area contributed by atoms with Gasteiger partial charge in [-0.25, -0.2) is 9.97 Å². The van der Waals surface area contributed by atoms with Crippen LogP contribution in [0.1, 0.15) is 22.3 Å². The molecule has 2 heterocycles. The van der Waals surface area contributed by atoms with Crippen LogP contribution in [0, 0.1) is 0 Å². The smallest absolute Gasteiger partial charge is 0.235 e. The highest BCUT2D eigenvalue weighted by Gasteiger charge is 2.52. The molecule has 0 saturated carbocycles. The molecule has 0 N–H and O–H groups in total. The Balaban J connectivity index is 1.25. The lowest BCUT2D eigenvalue weighted by molar-refractivity contribution is 0.794. The Hall–Kier alpha value is -7.36. The molecule has 0 fully saturated rings. The molecule has 12 rings (SSSR count). The predicted octanol–water partition coefficient (Wildman–Crippen LogP) is 12.9. The van der Waals surface area contributed by atoms with Crippen LogP contribution in [0.4, 0.5) is 0 Å². The summed E-state index contributed by atoms with van der Waals surface area (Å²) in [6, 6.07) is 72.4. The average molecular weight is 712 g/mol. The first kappa shape index (κ1) is 31.0. The Kier molecular flexibility index (Phi) is 6.55. The van der Waals surface area contributed by atoms with Gasteiger partial charge in [0.25, 0.3) is 0 Å². The van der Waals surface area contributed by atoms with Crippen molar-refractivity contribution in [2.75, 3.05) is 0 Å². The summed E-state index contributed by atoms with van der Waals surface area (Å²) < 4.78 is 2.35. The molecule has 2 aromatic heterocycles. The quantitative estimate of drug-likeness (QED) is 0.182. The minimum atomic E-state index is -0.467. The van der Waals surface area contributed by atoms with Crippen LogP contribution in [0.25, 0.3) is 83.6 Å². The van der Waals surface area contributed by atoms with E-state index >= 15 is 0 Å². The average Bonchev–Trinajstić information content (AvgIpc) is 3.89. The van der Waals surface area contributed by atoms with Gasteiger partial charge in [0, 0.05) is 27.5 Å². The summed E-state index contributed by atoms with van der Waals surface area (Å²) in [6.45, 7) is 0. The Bertz CT molecular complexity index is 3080. The van der Waals surface area contributed by atoms with Crippen LogP contribution in [0.2, 0.25) is 0 Å². The summed E-state index contributed by atoms with van der Waals surface area (Å²) in [5, 5.41) is 2.35. The van der Waals surface area contributed by atoms with Crippen molar-refractivity contribution in [3.05, 3.63) is 222 Å². The first-order valence-corrected chi connectivity index (χ1v) is 19.3. The third-order valence-corrected chi connectivity index (χ3v) is 12.0. The molecule has 2 aliphatic carbocycles. The van der Waals surface area contributed by atoms with Crippen LogP contribution in [-0.4, -0.2) is 14.5 Å². The standard InChI is InChI=1S/C53H33N3/c1-4-16-34(17-5-1)37-28-31-49-42(32-37)40-29-30-46-50(41-24-12-15-27-45(41)53(46)43-25-13-10-22-38(43)39-23-11-14-26-44(39)53)51(40)56(49)52-54-47(35-18-6-2-7-19-35)33-48(55-52)36-20-8-3-9-21-36/h1-33H. The van der Waals surface area contributed by atoms with Crippen LogP contribution < -0.4 is 0 Å². The van der Waals surface area contributed by atoms with Gasteiger partial charge in [-0.05, 0) is 68.3 Å². The lowest BCUT2D eigenvalue weighted by atomic mass is 9.70. The summed E-state index contributed by atoms with van der Waals surface area (Å²) in [7, 11) is 0. The van der Waals surface area contributed by atoms with Crippen molar-refractivity contribution in [3.8, 4) is 61.8 Å². The molecule has 0 amide bonds. The molecule has 56 heavy (non-hydrogen) atoms. The number of benzene rings is 8. The van der Waals surface area contributed by atoms with Gasteiger partial charge in [-0.15, -0.1) is 0 Å². The lowest BCUT2D eigenvalue weighted by Gasteiger charge is -2.30. The summed E-state index contributed by atoms with van der Waals surface area (Å²) in [5.74, 6) is 0.650. The number of fused-ring (bicyclic) bond motifs is 14. The van der Waals surface area contributed by atoms with Crippen molar-refractivity contribution in [1.29, 1.82) is 0 Å². The number of aromatic nitrogens is 3. The van der Waals surface area contributed by atoms with Crippen LogP contribution in [0.15, 0.2) is 200 Å². The fraction of sp³-hybridized carbons (Fsp3) is 0.0189. The third kappa shape index (κ3) is 4.22. The van der Waals surface area contributed by atoms with Gasteiger partial charge in [0.1, 0.15) is 0 Å². The van der Waals surface area contributed by atoms with Crippen molar-refractivity contribution in [3.63, 3.8) is 0 Å². The number of hydrogen-bond donors (Lipinski definition) is 0. The van der Waals surface area contributed by atoms with E-state index in [4.69, 9.17) is 9.97 Å². The molecule has 3 nitrogen and oxygen atoms in total. The van der Waals surface area contributed by atoms with Gasteiger partial charge in [0.15, 0.2) is 0 Å². The molecule has 3 heteroatoms. The molecule has 0 bridgehead atoms. The summed E-state index contributed by atoms with van der Waals surface area (Å²) in [4.78, 5) is 10.9. The number of rotatable bonds is 4. The Morgan fingerprint density at radius 3 is 1.45 bits per heavy atom.